The van der Waals surface area contributed by atoms with Gasteiger partial charge in [0.15, 0.2) is 0 Å². The number of nitrogens with zero attached hydrogens (tertiary/aromatic N) is 7. The van der Waals surface area contributed by atoms with Crippen molar-refractivity contribution < 1.29 is 0 Å². The molecular weight excluding hydrogens is 230 g/mol. The summed E-state index contributed by atoms with van der Waals surface area (Å²) in [6.45, 7) is 2.03. The van der Waals surface area contributed by atoms with E-state index in [0.717, 1.165) is 6.54 Å². The summed E-state index contributed by atoms with van der Waals surface area (Å²) in [4.78, 5) is 7.75. The molecular formula is C11H13N7. The summed E-state index contributed by atoms with van der Waals surface area (Å²) in [7, 11) is 0. The second-order valence-electron chi connectivity index (χ2n) is 4.22. The van der Waals surface area contributed by atoms with Crippen LogP contribution in [0.2, 0.25) is 0 Å². The first-order chi connectivity index (χ1) is 8.83. The van der Waals surface area contributed by atoms with Crippen LogP contribution in [0, 0.1) is 0 Å². The zero-order valence-electron chi connectivity index (χ0n) is 9.79. The molecule has 1 saturated heterocycles. The average molecular weight is 243 g/mol. The largest absolute Gasteiger partial charge is 0.298 e. The van der Waals surface area contributed by atoms with Crippen molar-refractivity contribution in [3.05, 3.63) is 56.8 Å². The molecule has 0 aliphatic carbocycles. The molecule has 0 aromatic heterocycles. The lowest BCUT2D eigenvalue weighted by molar-refractivity contribution is 0.324. The zero-order chi connectivity index (χ0) is 12.8. The van der Waals surface area contributed by atoms with Gasteiger partial charge in [-0.2, -0.15) is 0 Å². The normalized spacial score (nSPS) is 23.1. The van der Waals surface area contributed by atoms with E-state index in [4.69, 9.17) is 11.1 Å². The summed E-state index contributed by atoms with van der Waals surface area (Å²) in [5.41, 5.74) is 18.2. The molecule has 0 N–H and O–H groups in total. The van der Waals surface area contributed by atoms with Gasteiger partial charge in [0.05, 0.1) is 12.1 Å². The number of hydrogen-bond donors (Lipinski definition) is 0. The van der Waals surface area contributed by atoms with E-state index in [1.165, 1.54) is 5.56 Å². The van der Waals surface area contributed by atoms with Gasteiger partial charge in [0, 0.05) is 29.5 Å². The molecule has 92 valence electrons. The first kappa shape index (κ1) is 12.3. The van der Waals surface area contributed by atoms with Crippen LogP contribution in [0.3, 0.4) is 0 Å². The van der Waals surface area contributed by atoms with Gasteiger partial charge >= 0.3 is 0 Å². The minimum absolute atomic E-state index is 0.269. The molecule has 0 radical (unpaired) electrons. The van der Waals surface area contributed by atoms with Gasteiger partial charge in [0.25, 0.3) is 0 Å². The third kappa shape index (κ3) is 2.93. The second-order valence-corrected chi connectivity index (χ2v) is 4.22. The summed E-state index contributed by atoms with van der Waals surface area (Å²) in [6.07, 6.45) is 0. The minimum atomic E-state index is -0.269. The molecule has 1 aromatic rings. The van der Waals surface area contributed by atoms with Gasteiger partial charge in [-0.25, -0.2) is 0 Å². The van der Waals surface area contributed by atoms with Crippen molar-refractivity contribution in [2.75, 3.05) is 13.1 Å². The van der Waals surface area contributed by atoms with Crippen molar-refractivity contribution in [1.82, 2.24) is 4.90 Å². The number of benzene rings is 1. The Balaban J connectivity index is 2.04. The summed E-state index contributed by atoms with van der Waals surface area (Å²) in [6, 6.07) is 9.50. The highest BCUT2D eigenvalue weighted by Crippen LogP contribution is 2.19. The lowest BCUT2D eigenvalue weighted by Gasteiger charge is -2.14. The Morgan fingerprint density at radius 2 is 1.61 bits per heavy atom. The van der Waals surface area contributed by atoms with Crippen molar-refractivity contribution in [3.63, 3.8) is 0 Å². The van der Waals surface area contributed by atoms with E-state index >= 15 is 0 Å². The van der Waals surface area contributed by atoms with Crippen molar-refractivity contribution in [2.45, 2.75) is 18.6 Å². The molecule has 0 bridgehead atoms. The Morgan fingerprint density at radius 1 is 1.06 bits per heavy atom. The lowest BCUT2D eigenvalue weighted by Crippen LogP contribution is -2.20. The molecule has 2 atom stereocenters. The van der Waals surface area contributed by atoms with Gasteiger partial charge in [-0.15, -0.1) is 0 Å². The quantitative estimate of drug-likeness (QED) is 0.453. The molecule has 0 spiro atoms. The molecule has 1 fully saturated rings. The molecule has 7 nitrogen and oxygen atoms in total. The van der Waals surface area contributed by atoms with E-state index in [0.29, 0.717) is 13.1 Å². The third-order valence-corrected chi connectivity index (χ3v) is 2.98. The average Bonchev–Trinajstić information content (AvgIpc) is 2.74. The predicted molar refractivity (Wildman–Crippen MR) is 67.6 cm³/mol. The highest BCUT2D eigenvalue weighted by Gasteiger charge is 2.31. The van der Waals surface area contributed by atoms with E-state index in [1.807, 2.05) is 30.3 Å². The van der Waals surface area contributed by atoms with Crippen LogP contribution in [0.1, 0.15) is 5.56 Å². The molecule has 18 heavy (non-hydrogen) atoms. The summed E-state index contributed by atoms with van der Waals surface area (Å²) in [5.74, 6) is 0. The fraction of sp³-hybridized carbons (Fsp3) is 0.455. The van der Waals surface area contributed by atoms with Crippen LogP contribution in [-0.2, 0) is 6.54 Å². The molecule has 1 aliphatic heterocycles. The minimum Gasteiger partial charge on any atom is -0.298 e. The lowest BCUT2D eigenvalue weighted by atomic mass is 10.2. The van der Waals surface area contributed by atoms with Gasteiger partial charge in [-0.05, 0) is 16.6 Å². The Hall–Kier alpha value is -2.20. The van der Waals surface area contributed by atoms with Gasteiger partial charge in [0.1, 0.15) is 0 Å². The molecule has 2 rings (SSSR count). The van der Waals surface area contributed by atoms with Crippen molar-refractivity contribution in [2.24, 2.45) is 10.2 Å². The number of rotatable bonds is 4. The standard InChI is InChI=1S/C11H13N7/c12-16-14-10-7-18(8-11(10)15-17-13)6-9-4-2-1-3-5-9/h1-5,10-11H,6-8H2. The van der Waals surface area contributed by atoms with Crippen LogP contribution in [0.25, 0.3) is 20.9 Å². The van der Waals surface area contributed by atoms with Crippen molar-refractivity contribution in [1.29, 1.82) is 0 Å². The van der Waals surface area contributed by atoms with Crippen molar-refractivity contribution >= 4 is 0 Å². The third-order valence-electron chi connectivity index (χ3n) is 2.98. The Kier molecular flexibility index (Phi) is 4.04. The van der Waals surface area contributed by atoms with E-state index < -0.39 is 0 Å². The maximum absolute atomic E-state index is 8.49. The Labute approximate surface area is 104 Å². The number of hydrogen-bond acceptors (Lipinski definition) is 3. The summed E-state index contributed by atoms with van der Waals surface area (Å²) < 4.78 is 0. The smallest absolute Gasteiger partial charge is 0.0598 e. The summed E-state index contributed by atoms with van der Waals surface area (Å²) in [5, 5.41) is 7.38. The van der Waals surface area contributed by atoms with Crippen LogP contribution >= 0.6 is 0 Å². The van der Waals surface area contributed by atoms with Gasteiger partial charge in [-0.3, -0.25) is 4.90 Å². The number of azide groups is 2. The Bertz CT molecular complexity index is 461. The van der Waals surface area contributed by atoms with Gasteiger partial charge < -0.3 is 0 Å². The molecule has 0 saturated carbocycles. The highest BCUT2D eigenvalue weighted by atomic mass is 15.3. The van der Waals surface area contributed by atoms with Gasteiger partial charge in [-0.1, -0.05) is 40.6 Å². The van der Waals surface area contributed by atoms with Crippen LogP contribution < -0.4 is 0 Å². The van der Waals surface area contributed by atoms with E-state index in [1.54, 1.807) is 0 Å². The van der Waals surface area contributed by atoms with Crippen LogP contribution in [0.5, 0.6) is 0 Å². The maximum atomic E-state index is 8.49. The SMILES string of the molecule is [N-]=[N+]=NC1CN(Cc2ccccc2)CC1N=[N+]=[N-]. The van der Waals surface area contributed by atoms with E-state index in [2.05, 4.69) is 25.0 Å². The fourth-order valence-corrected chi connectivity index (χ4v) is 2.18. The molecule has 1 aromatic carbocycles. The summed E-state index contributed by atoms with van der Waals surface area (Å²) >= 11 is 0. The topological polar surface area (TPSA) is 101 Å². The van der Waals surface area contributed by atoms with Crippen LogP contribution in [0.4, 0.5) is 0 Å². The highest BCUT2D eigenvalue weighted by molar-refractivity contribution is 5.15. The van der Waals surface area contributed by atoms with E-state index in [9.17, 15) is 0 Å². The maximum Gasteiger partial charge on any atom is 0.0598 e. The zero-order valence-corrected chi connectivity index (χ0v) is 9.79. The van der Waals surface area contributed by atoms with Crippen LogP contribution in [-0.4, -0.2) is 30.1 Å². The predicted octanol–water partition coefficient (Wildman–Crippen LogP) is 2.86. The molecule has 1 heterocycles. The molecule has 0 amide bonds. The Morgan fingerprint density at radius 3 is 2.11 bits per heavy atom. The van der Waals surface area contributed by atoms with E-state index in [-0.39, 0.29) is 12.1 Å². The van der Waals surface area contributed by atoms with Crippen molar-refractivity contribution in [3.8, 4) is 0 Å². The first-order valence-electron chi connectivity index (χ1n) is 5.68. The monoisotopic (exact) mass is 243 g/mol. The molecule has 1 aliphatic rings. The fourth-order valence-electron chi connectivity index (χ4n) is 2.18. The van der Waals surface area contributed by atoms with Gasteiger partial charge in [0.2, 0.25) is 0 Å². The number of likely N-dealkylation sites (tertiary alicyclic amines) is 1. The first-order valence-corrected chi connectivity index (χ1v) is 5.68. The molecule has 2 unspecified atom stereocenters. The van der Waals surface area contributed by atoms with Crippen LogP contribution in [0.15, 0.2) is 40.6 Å². The second kappa shape index (κ2) is 5.93. The molecule has 7 heteroatoms.